The first-order chi connectivity index (χ1) is 53.1. The maximum absolute atomic E-state index is 5.84. The van der Waals surface area contributed by atoms with Gasteiger partial charge in [-0.05, 0) is 170 Å². The number of rotatable bonds is 20. The fourth-order valence-electron chi connectivity index (χ4n) is 14.1. The first kappa shape index (κ1) is 66.8. The molecule has 8 bridgehead atoms. The van der Waals surface area contributed by atoms with Crippen LogP contribution in [0.5, 0.6) is 46.0 Å². The summed E-state index contributed by atoms with van der Waals surface area (Å²) in [7, 11) is 13.3. The van der Waals surface area contributed by atoms with Gasteiger partial charge in [-0.1, -0.05) is 48.5 Å². The van der Waals surface area contributed by atoms with Crippen LogP contribution >= 0.6 is 0 Å². The molecule has 20 nitrogen and oxygen atoms in total. The molecule has 0 fully saturated rings. The number of nitrogens with one attached hydrogen (secondary N) is 2. The topological polar surface area (TPSA) is 196 Å². The van der Waals surface area contributed by atoms with Gasteiger partial charge in [-0.15, -0.1) is 0 Å². The maximum atomic E-state index is 5.84. The van der Waals surface area contributed by atoms with Crippen molar-refractivity contribution in [3.8, 4) is 91.5 Å². The summed E-state index contributed by atoms with van der Waals surface area (Å²) in [5, 5.41) is 2.96. The highest BCUT2D eigenvalue weighted by atomic mass is 16.5. The fraction of sp³-hybridized carbons (Fsp3) is 0.0909. The van der Waals surface area contributed by atoms with E-state index < -0.39 is 0 Å². The van der Waals surface area contributed by atoms with Crippen molar-refractivity contribution in [1.29, 1.82) is 0 Å². The van der Waals surface area contributed by atoms with Gasteiger partial charge in [-0.2, -0.15) is 0 Å². The van der Waals surface area contributed by atoms with Gasteiger partial charge < -0.3 is 67.5 Å². The zero-order chi connectivity index (χ0) is 73.5. The third-order valence-corrected chi connectivity index (χ3v) is 19.3. The molecule has 0 saturated carbocycles. The summed E-state index contributed by atoms with van der Waals surface area (Å²) in [6.07, 6.45) is 0. The molecule has 0 amide bonds. The highest BCUT2D eigenvalue weighted by Gasteiger charge is 2.28. The molecule has 20 heteroatoms. The van der Waals surface area contributed by atoms with Crippen molar-refractivity contribution in [3.63, 3.8) is 0 Å². The van der Waals surface area contributed by atoms with E-state index in [1.54, 1.807) is 56.9 Å². The van der Waals surface area contributed by atoms with E-state index >= 15 is 0 Å². The van der Waals surface area contributed by atoms with Crippen molar-refractivity contribution in [1.82, 2.24) is 39.9 Å². The molecule has 0 aliphatic carbocycles. The maximum Gasteiger partial charge on any atom is 0.164 e. The second-order valence-electron chi connectivity index (χ2n) is 25.5. The average Bonchev–Trinajstić information content (AvgIpc) is 1.58. The van der Waals surface area contributed by atoms with Crippen molar-refractivity contribution in [2.24, 2.45) is 0 Å². The summed E-state index contributed by atoms with van der Waals surface area (Å²) in [6, 6.07) is 88.6. The average molecular weight is 1420 g/mol. The number of hydrogen-bond acceptors (Lipinski definition) is 18. The summed E-state index contributed by atoms with van der Waals surface area (Å²) in [5.74, 6) is 7.03. The van der Waals surface area contributed by atoms with Crippen LogP contribution in [0.3, 0.4) is 0 Å². The van der Waals surface area contributed by atoms with E-state index in [4.69, 9.17) is 67.8 Å². The quantitative estimate of drug-likeness (QED) is 0.0730. The number of hydrogen-bond donors (Lipinski definition) is 2. The Hall–Kier alpha value is -14.4. The van der Waals surface area contributed by atoms with Gasteiger partial charge in [0.05, 0.1) is 56.9 Å². The van der Waals surface area contributed by atoms with E-state index in [0.29, 0.717) is 103 Å². The van der Waals surface area contributed by atoms with Gasteiger partial charge >= 0.3 is 0 Å². The molecule has 0 spiro atoms. The number of aromatic nitrogens is 8. The van der Waals surface area contributed by atoms with Gasteiger partial charge in [0.2, 0.25) is 0 Å². The van der Waals surface area contributed by atoms with Crippen LogP contribution in [0.2, 0.25) is 0 Å². The summed E-state index contributed by atoms with van der Waals surface area (Å²) < 4.78 is 46.7. The van der Waals surface area contributed by atoms with Crippen molar-refractivity contribution < 1.29 is 37.9 Å². The molecule has 0 saturated heterocycles. The SMILES string of the molecule is COc1cccc(N(c2cccc(OC)c2)c2ccc3c(c2)-c2nc-3nc3[nH]c(nc4nc(nc5[nH]c(n2)c2ccc(N(c6cccc(OC)c6)c6cccc(OC)c6)cc52)-c2ccc(N(c5cccc(OC)c5)c5cccc(OC)c5)cc2-4)c2ccc(N(c4cccc(OC)c4)c4cccc(OC)c4)cc32)c1. The second kappa shape index (κ2) is 28.3. The van der Waals surface area contributed by atoms with E-state index in [1.807, 2.05) is 194 Å². The second-order valence-corrected chi connectivity index (χ2v) is 25.5. The Morgan fingerprint density at radius 1 is 0.194 bits per heavy atom. The molecule has 15 aromatic rings. The zero-order valence-corrected chi connectivity index (χ0v) is 60.1. The zero-order valence-electron chi connectivity index (χ0n) is 60.1. The first-order valence-corrected chi connectivity index (χ1v) is 34.8. The number of ether oxygens (including phenoxy) is 8. The summed E-state index contributed by atoms with van der Waals surface area (Å²) in [6.45, 7) is 0. The fourth-order valence-corrected chi connectivity index (χ4v) is 14.1. The molecule has 108 heavy (non-hydrogen) atoms. The molecule has 2 aliphatic heterocycles. The van der Waals surface area contributed by atoms with Gasteiger partial charge in [-0.25, -0.2) is 29.9 Å². The van der Waals surface area contributed by atoms with Crippen molar-refractivity contribution >= 4 is 112 Å². The molecule has 12 aromatic carbocycles. The van der Waals surface area contributed by atoms with Gasteiger partial charge in [-0.3, -0.25) is 0 Å². The van der Waals surface area contributed by atoms with Crippen LogP contribution in [0.4, 0.5) is 68.2 Å². The third kappa shape index (κ3) is 12.5. The molecule has 0 atom stereocenters. The minimum Gasteiger partial charge on any atom is -0.497 e. The Morgan fingerprint density at radius 2 is 0.398 bits per heavy atom. The normalized spacial score (nSPS) is 11.3. The van der Waals surface area contributed by atoms with Crippen molar-refractivity contribution in [2.45, 2.75) is 0 Å². The molecule has 2 N–H and O–H groups in total. The predicted molar refractivity (Wildman–Crippen MR) is 427 cm³/mol. The molecular weight excluding hydrogens is 1350 g/mol. The molecule has 3 aromatic heterocycles. The van der Waals surface area contributed by atoms with E-state index in [1.165, 1.54) is 0 Å². The van der Waals surface area contributed by atoms with E-state index in [0.717, 1.165) is 101 Å². The summed E-state index contributed by atoms with van der Waals surface area (Å²) >= 11 is 0. The van der Waals surface area contributed by atoms with E-state index in [9.17, 15) is 0 Å². The standard InChI is InChI=1S/C88H70N12O8/c1-101-65-25-9-17-53(41-65)97(54-18-10-26-66(42-54)102-2)61-33-37-73-77(49-61)85-89-81(73)94-86-79-51-63(99(57-21-13-29-69(45-57)105-5)58-22-14-30-70(46-58)106-6)35-39-75(79)83(91-86)96-88-80-52-64(100(59-23-15-31-71(47-59)107-7)60-24-16-32-72(48-60)108-8)36-40-76(80)84(92-88)95-87-78-50-62(34-38-74(78)82(90-87)93-85)98(55-19-11-27-67(43-55)103-3)56-20-12-28-68(44-56)104-4/h9-52H,1-8H3,(H2,89,90,91,92,93,94,95,96). The number of methoxy groups -OCH3 is 8. The van der Waals surface area contributed by atoms with Crippen LogP contribution in [-0.4, -0.2) is 96.8 Å². The third-order valence-electron chi connectivity index (χ3n) is 19.3. The molecular formula is C88H70N12O8. The van der Waals surface area contributed by atoms with E-state index in [-0.39, 0.29) is 0 Å². The number of fused-ring (bicyclic) bond motifs is 20. The van der Waals surface area contributed by atoms with Crippen LogP contribution in [-0.2, 0) is 0 Å². The molecule has 5 heterocycles. The summed E-state index contributed by atoms with van der Waals surface area (Å²) in [5.41, 5.74) is 14.7. The van der Waals surface area contributed by atoms with E-state index in [2.05, 4.69) is 102 Å². The monoisotopic (exact) mass is 1420 g/mol. The highest BCUT2D eigenvalue weighted by molar-refractivity contribution is 6.09. The van der Waals surface area contributed by atoms with Gasteiger partial charge in [0, 0.05) is 161 Å². The lowest BCUT2D eigenvalue weighted by Gasteiger charge is -2.26. The van der Waals surface area contributed by atoms with Gasteiger partial charge in [0.1, 0.15) is 68.6 Å². The molecule has 0 radical (unpaired) electrons. The van der Waals surface area contributed by atoms with Crippen LogP contribution in [0.1, 0.15) is 0 Å². The van der Waals surface area contributed by atoms with Crippen molar-refractivity contribution in [2.75, 3.05) is 76.5 Å². The Morgan fingerprint density at radius 3 is 0.639 bits per heavy atom. The highest BCUT2D eigenvalue weighted by Crippen LogP contribution is 2.48. The van der Waals surface area contributed by atoms with Gasteiger partial charge in [0.15, 0.2) is 23.3 Å². The Labute approximate surface area is 621 Å². The Bertz CT molecular complexity index is 5620. The first-order valence-electron chi connectivity index (χ1n) is 34.8. The molecule has 17 rings (SSSR count). The predicted octanol–water partition coefficient (Wildman–Crippen LogP) is 20.8. The van der Waals surface area contributed by atoms with Crippen LogP contribution in [0.25, 0.3) is 89.7 Å². The minimum absolute atomic E-state index is 0.383. The molecule has 530 valence electrons. The number of nitrogens with zero attached hydrogens (tertiary/aromatic N) is 10. The Kier molecular flexibility index (Phi) is 17.5. The lowest BCUT2D eigenvalue weighted by molar-refractivity contribution is 0.414. The number of benzene rings is 12. The summed E-state index contributed by atoms with van der Waals surface area (Å²) in [4.78, 5) is 49.7. The lowest BCUT2D eigenvalue weighted by atomic mass is 10.1. The smallest absolute Gasteiger partial charge is 0.164 e. The van der Waals surface area contributed by atoms with Crippen molar-refractivity contribution in [3.05, 3.63) is 267 Å². The lowest BCUT2D eigenvalue weighted by Crippen LogP contribution is -2.10. The number of H-pyrrole nitrogens is 2. The molecule has 2 aliphatic rings. The largest absolute Gasteiger partial charge is 0.497 e. The number of anilines is 12. The van der Waals surface area contributed by atoms with Crippen LogP contribution < -0.4 is 57.5 Å². The molecule has 0 unspecified atom stereocenters. The minimum atomic E-state index is 0.383. The number of aromatic amines is 2. The Balaban J connectivity index is 0.970. The van der Waals surface area contributed by atoms with Gasteiger partial charge in [0.25, 0.3) is 0 Å². The van der Waals surface area contributed by atoms with Crippen LogP contribution in [0.15, 0.2) is 267 Å². The van der Waals surface area contributed by atoms with Crippen LogP contribution in [0, 0.1) is 0 Å².